The normalized spacial score (nSPS) is 10.0. The van der Waals surface area contributed by atoms with Gasteiger partial charge in [-0.15, -0.1) is 5.53 Å². The van der Waals surface area contributed by atoms with E-state index in [1.165, 1.54) is 5.12 Å². The second kappa shape index (κ2) is 5.54. The van der Waals surface area contributed by atoms with E-state index in [1.807, 2.05) is 42.5 Å². The fourth-order valence-corrected chi connectivity index (χ4v) is 1.44. The predicted octanol–water partition coefficient (Wildman–Crippen LogP) is 2.55. The molecule has 5 heteroatoms. The molecule has 88 valence electrons. The van der Waals surface area contributed by atoms with Crippen LogP contribution in [0.2, 0.25) is 5.02 Å². The van der Waals surface area contributed by atoms with Crippen LogP contribution >= 0.6 is 11.6 Å². The second-order valence-corrected chi connectivity index (χ2v) is 3.89. The van der Waals surface area contributed by atoms with Crippen LogP contribution in [0.3, 0.4) is 0 Å². The van der Waals surface area contributed by atoms with Crippen LogP contribution in [0.5, 0.6) is 0 Å². The largest absolute Gasteiger partial charge is 0.303 e. The summed E-state index contributed by atoms with van der Waals surface area (Å²) in [6, 6.07) is 16.9. The summed E-state index contributed by atoms with van der Waals surface area (Å²) in [7, 11) is 0. The Morgan fingerprint density at radius 2 is 1.59 bits per heavy atom. The molecular weight excluding hydrogens is 236 g/mol. The fourth-order valence-electron chi connectivity index (χ4n) is 1.31. The van der Waals surface area contributed by atoms with Gasteiger partial charge in [0, 0.05) is 5.02 Å². The van der Waals surface area contributed by atoms with E-state index >= 15 is 0 Å². The number of nitrogens with two attached hydrogens (primary N) is 1. The maximum absolute atomic E-state index is 5.81. The first-order chi connectivity index (χ1) is 8.25. The van der Waals surface area contributed by atoms with E-state index in [4.69, 9.17) is 17.4 Å². The van der Waals surface area contributed by atoms with Gasteiger partial charge in [0.25, 0.3) is 0 Å². The molecular formula is C12H13ClN4. The maximum atomic E-state index is 5.81. The number of hydrogen-bond acceptors (Lipinski definition) is 4. The SMILES string of the molecule is NN(NNc1ccccc1)c1ccc(Cl)cc1. The van der Waals surface area contributed by atoms with E-state index in [9.17, 15) is 0 Å². The van der Waals surface area contributed by atoms with Crippen molar-refractivity contribution in [3.63, 3.8) is 0 Å². The molecule has 0 saturated carbocycles. The molecule has 0 spiro atoms. The molecule has 2 aromatic carbocycles. The van der Waals surface area contributed by atoms with Crippen molar-refractivity contribution in [3.05, 3.63) is 59.6 Å². The highest BCUT2D eigenvalue weighted by atomic mass is 35.5. The lowest BCUT2D eigenvalue weighted by molar-refractivity contribution is 0.726. The van der Waals surface area contributed by atoms with Crippen molar-refractivity contribution in [1.82, 2.24) is 5.53 Å². The van der Waals surface area contributed by atoms with E-state index < -0.39 is 0 Å². The highest BCUT2D eigenvalue weighted by Gasteiger charge is 1.99. The first kappa shape index (κ1) is 11.7. The Labute approximate surface area is 105 Å². The number of hydrazine groups is 3. The Morgan fingerprint density at radius 1 is 0.941 bits per heavy atom. The van der Waals surface area contributed by atoms with Gasteiger partial charge in [-0.2, -0.15) is 0 Å². The number of nitrogens with zero attached hydrogens (tertiary/aromatic N) is 1. The first-order valence-electron chi connectivity index (χ1n) is 5.13. The molecule has 0 saturated heterocycles. The van der Waals surface area contributed by atoms with Gasteiger partial charge in [0.05, 0.1) is 11.4 Å². The van der Waals surface area contributed by atoms with Gasteiger partial charge in [0.1, 0.15) is 0 Å². The molecule has 0 bridgehead atoms. The predicted molar refractivity (Wildman–Crippen MR) is 71.3 cm³/mol. The van der Waals surface area contributed by atoms with Gasteiger partial charge in [-0.05, 0) is 36.4 Å². The van der Waals surface area contributed by atoms with Crippen LogP contribution in [0.1, 0.15) is 0 Å². The Morgan fingerprint density at radius 3 is 2.24 bits per heavy atom. The van der Waals surface area contributed by atoms with Crippen molar-refractivity contribution < 1.29 is 0 Å². The Kier molecular flexibility index (Phi) is 3.82. The Hall–Kier alpha value is -1.75. The Balaban J connectivity index is 1.93. The zero-order valence-corrected chi connectivity index (χ0v) is 9.85. The van der Waals surface area contributed by atoms with Crippen LogP contribution in [0.25, 0.3) is 0 Å². The average molecular weight is 249 g/mol. The van der Waals surface area contributed by atoms with Gasteiger partial charge in [0.2, 0.25) is 0 Å². The molecule has 2 rings (SSSR count). The lowest BCUT2D eigenvalue weighted by atomic mass is 10.3. The minimum Gasteiger partial charge on any atom is -0.303 e. The van der Waals surface area contributed by atoms with E-state index in [-0.39, 0.29) is 0 Å². The summed E-state index contributed by atoms with van der Waals surface area (Å²) >= 11 is 5.79. The average Bonchev–Trinajstić information content (AvgIpc) is 2.38. The third kappa shape index (κ3) is 3.35. The monoisotopic (exact) mass is 248 g/mol. The van der Waals surface area contributed by atoms with Gasteiger partial charge in [-0.25, -0.2) is 11.0 Å². The standard InChI is InChI=1S/C12H13ClN4/c13-10-6-8-12(9-7-10)17(14)16-15-11-4-2-1-3-5-11/h1-9,15-16H,14H2. The lowest BCUT2D eigenvalue weighted by Crippen LogP contribution is -2.47. The molecule has 0 radical (unpaired) electrons. The molecule has 0 aliphatic rings. The number of nitrogens with one attached hydrogen (secondary N) is 2. The number of para-hydroxylation sites is 1. The summed E-state index contributed by atoms with van der Waals surface area (Å²) in [5.74, 6) is 5.81. The van der Waals surface area contributed by atoms with Gasteiger partial charge in [-0.1, -0.05) is 29.8 Å². The van der Waals surface area contributed by atoms with E-state index in [2.05, 4.69) is 11.0 Å². The molecule has 4 N–H and O–H groups in total. The Bertz CT molecular complexity index is 458. The van der Waals surface area contributed by atoms with Crippen molar-refractivity contribution in [2.45, 2.75) is 0 Å². The first-order valence-corrected chi connectivity index (χ1v) is 5.50. The quantitative estimate of drug-likeness (QED) is 0.575. The lowest BCUT2D eigenvalue weighted by Gasteiger charge is -2.20. The third-order valence-corrected chi connectivity index (χ3v) is 2.45. The van der Waals surface area contributed by atoms with Gasteiger partial charge >= 0.3 is 0 Å². The van der Waals surface area contributed by atoms with E-state index in [0.29, 0.717) is 5.02 Å². The van der Waals surface area contributed by atoms with Crippen LogP contribution < -0.4 is 21.9 Å². The van der Waals surface area contributed by atoms with Crippen LogP contribution in [0, 0.1) is 0 Å². The zero-order valence-electron chi connectivity index (χ0n) is 9.10. The topological polar surface area (TPSA) is 53.3 Å². The number of halogens is 1. The molecule has 0 aromatic heterocycles. The zero-order chi connectivity index (χ0) is 12.1. The van der Waals surface area contributed by atoms with Gasteiger partial charge in [-0.3, -0.25) is 0 Å². The molecule has 0 aliphatic carbocycles. The molecule has 0 heterocycles. The minimum absolute atomic E-state index is 0.679. The maximum Gasteiger partial charge on any atom is 0.0719 e. The summed E-state index contributed by atoms with van der Waals surface area (Å²) < 4.78 is 0. The molecule has 4 nitrogen and oxygen atoms in total. The van der Waals surface area contributed by atoms with Crippen molar-refractivity contribution in [3.8, 4) is 0 Å². The summed E-state index contributed by atoms with van der Waals surface area (Å²) in [6.07, 6.45) is 0. The number of benzene rings is 2. The third-order valence-electron chi connectivity index (χ3n) is 2.20. The number of anilines is 2. The summed E-state index contributed by atoms with van der Waals surface area (Å²) in [5, 5.41) is 2.06. The van der Waals surface area contributed by atoms with Crippen molar-refractivity contribution in [2.75, 3.05) is 10.5 Å². The smallest absolute Gasteiger partial charge is 0.0719 e. The number of rotatable bonds is 4. The fraction of sp³-hybridized carbons (Fsp3) is 0. The molecule has 2 aromatic rings. The van der Waals surface area contributed by atoms with Gasteiger partial charge in [0.15, 0.2) is 0 Å². The van der Waals surface area contributed by atoms with Crippen LogP contribution in [0.4, 0.5) is 11.4 Å². The van der Waals surface area contributed by atoms with Crippen molar-refractivity contribution >= 4 is 23.0 Å². The summed E-state index contributed by atoms with van der Waals surface area (Å²) in [5.41, 5.74) is 7.56. The highest BCUT2D eigenvalue weighted by molar-refractivity contribution is 6.30. The molecule has 0 aliphatic heterocycles. The van der Waals surface area contributed by atoms with E-state index in [1.54, 1.807) is 12.1 Å². The molecule has 0 unspecified atom stereocenters. The van der Waals surface area contributed by atoms with Crippen LogP contribution in [-0.4, -0.2) is 0 Å². The molecule has 17 heavy (non-hydrogen) atoms. The van der Waals surface area contributed by atoms with Crippen molar-refractivity contribution in [1.29, 1.82) is 0 Å². The van der Waals surface area contributed by atoms with Gasteiger partial charge < -0.3 is 5.43 Å². The second-order valence-electron chi connectivity index (χ2n) is 3.45. The van der Waals surface area contributed by atoms with Crippen molar-refractivity contribution in [2.24, 2.45) is 5.84 Å². The summed E-state index contributed by atoms with van der Waals surface area (Å²) in [6.45, 7) is 0. The molecule has 0 fully saturated rings. The van der Waals surface area contributed by atoms with E-state index in [0.717, 1.165) is 11.4 Å². The van der Waals surface area contributed by atoms with Crippen LogP contribution in [-0.2, 0) is 0 Å². The highest BCUT2D eigenvalue weighted by Crippen LogP contribution is 2.14. The molecule has 0 amide bonds. The minimum atomic E-state index is 0.679. The number of hydrogen-bond donors (Lipinski definition) is 3. The summed E-state index contributed by atoms with van der Waals surface area (Å²) in [4.78, 5) is 0. The van der Waals surface area contributed by atoms with Crippen LogP contribution in [0.15, 0.2) is 54.6 Å². The molecule has 0 atom stereocenters.